The van der Waals surface area contributed by atoms with E-state index < -0.39 is 21.6 Å². The molecule has 5 nitrogen and oxygen atoms in total. The standard InChI is InChI=1S/C12H14FNO4S/c13-19(16,17)11-6-7-14(8-11)12(15)18-9-10-4-2-1-3-5-10/h1-5,11H,6-9H2/t11-/m1/s1. The molecule has 1 aromatic rings. The van der Waals surface area contributed by atoms with Crippen molar-refractivity contribution in [2.45, 2.75) is 18.3 Å². The maximum atomic E-state index is 12.8. The Hall–Kier alpha value is -1.63. The van der Waals surface area contributed by atoms with Crippen LogP contribution in [0.1, 0.15) is 12.0 Å². The number of hydrogen-bond acceptors (Lipinski definition) is 4. The lowest BCUT2D eigenvalue weighted by atomic mass is 10.2. The van der Waals surface area contributed by atoms with Crippen LogP contribution in [0.2, 0.25) is 0 Å². The van der Waals surface area contributed by atoms with E-state index in [1.165, 1.54) is 4.90 Å². The second-order valence-electron chi connectivity index (χ2n) is 4.37. The number of nitrogens with zero attached hydrogens (tertiary/aromatic N) is 1. The van der Waals surface area contributed by atoms with Crippen molar-refractivity contribution in [3.05, 3.63) is 35.9 Å². The Morgan fingerprint density at radius 3 is 2.63 bits per heavy atom. The molecule has 104 valence electrons. The predicted octanol–water partition coefficient (Wildman–Crippen LogP) is 1.70. The molecule has 0 bridgehead atoms. The van der Waals surface area contributed by atoms with E-state index in [9.17, 15) is 17.1 Å². The van der Waals surface area contributed by atoms with Gasteiger partial charge in [0.1, 0.15) is 11.9 Å². The van der Waals surface area contributed by atoms with Gasteiger partial charge in [0.05, 0.1) is 0 Å². The van der Waals surface area contributed by atoms with E-state index in [1.807, 2.05) is 30.3 Å². The molecule has 0 radical (unpaired) electrons. The number of ether oxygens (including phenoxy) is 1. The minimum absolute atomic E-state index is 0.110. The fourth-order valence-electron chi connectivity index (χ4n) is 1.93. The van der Waals surface area contributed by atoms with Gasteiger partial charge < -0.3 is 9.64 Å². The molecule has 0 N–H and O–H groups in total. The maximum Gasteiger partial charge on any atom is 0.410 e. The normalized spacial score (nSPS) is 19.4. The predicted molar refractivity (Wildman–Crippen MR) is 66.6 cm³/mol. The molecule has 1 atom stereocenters. The quantitative estimate of drug-likeness (QED) is 0.794. The number of likely N-dealkylation sites (tertiary alicyclic amines) is 1. The van der Waals surface area contributed by atoms with Crippen LogP contribution in [-0.2, 0) is 21.6 Å². The van der Waals surface area contributed by atoms with E-state index in [0.29, 0.717) is 0 Å². The van der Waals surface area contributed by atoms with Gasteiger partial charge in [-0.1, -0.05) is 30.3 Å². The first kappa shape index (κ1) is 13.8. The van der Waals surface area contributed by atoms with Crippen LogP contribution in [0.4, 0.5) is 8.68 Å². The van der Waals surface area contributed by atoms with Crippen LogP contribution in [0.25, 0.3) is 0 Å². The van der Waals surface area contributed by atoms with E-state index in [1.54, 1.807) is 0 Å². The van der Waals surface area contributed by atoms with Crippen LogP contribution >= 0.6 is 0 Å². The molecule has 0 spiro atoms. The second-order valence-corrected chi connectivity index (χ2v) is 5.99. The first-order valence-corrected chi connectivity index (χ1v) is 7.30. The average Bonchev–Trinajstić information content (AvgIpc) is 2.87. The van der Waals surface area contributed by atoms with Gasteiger partial charge in [0, 0.05) is 13.1 Å². The molecular formula is C12H14FNO4S. The summed E-state index contributed by atoms with van der Waals surface area (Å²) in [4.78, 5) is 12.9. The summed E-state index contributed by atoms with van der Waals surface area (Å²) in [5.74, 6) is 0. The lowest BCUT2D eigenvalue weighted by Gasteiger charge is -2.15. The topological polar surface area (TPSA) is 63.7 Å². The van der Waals surface area contributed by atoms with Crippen molar-refractivity contribution in [1.29, 1.82) is 0 Å². The number of halogens is 1. The highest BCUT2D eigenvalue weighted by Crippen LogP contribution is 2.19. The monoisotopic (exact) mass is 287 g/mol. The molecule has 1 fully saturated rings. The highest BCUT2D eigenvalue weighted by molar-refractivity contribution is 7.87. The van der Waals surface area contributed by atoms with Gasteiger partial charge in [-0.3, -0.25) is 0 Å². The number of rotatable bonds is 3. The first-order chi connectivity index (χ1) is 8.97. The molecule has 1 aliphatic rings. The first-order valence-electron chi connectivity index (χ1n) is 5.86. The van der Waals surface area contributed by atoms with Crippen molar-refractivity contribution in [2.24, 2.45) is 0 Å². The Bertz CT molecular complexity index is 546. The molecule has 1 aliphatic heterocycles. The van der Waals surface area contributed by atoms with Gasteiger partial charge in [0.2, 0.25) is 0 Å². The Kier molecular flexibility index (Phi) is 4.04. The van der Waals surface area contributed by atoms with E-state index >= 15 is 0 Å². The van der Waals surface area contributed by atoms with E-state index in [2.05, 4.69) is 0 Å². The largest absolute Gasteiger partial charge is 0.445 e. The van der Waals surface area contributed by atoms with Gasteiger partial charge in [0.15, 0.2) is 0 Å². The molecule has 19 heavy (non-hydrogen) atoms. The van der Waals surface area contributed by atoms with Gasteiger partial charge in [-0.2, -0.15) is 8.42 Å². The molecule has 1 heterocycles. The van der Waals surface area contributed by atoms with Crippen molar-refractivity contribution in [2.75, 3.05) is 13.1 Å². The molecule has 0 aromatic heterocycles. The third-order valence-electron chi connectivity index (χ3n) is 3.01. The second kappa shape index (κ2) is 5.56. The minimum atomic E-state index is -4.59. The number of carbonyl (C=O) groups is 1. The summed E-state index contributed by atoms with van der Waals surface area (Å²) in [6.07, 6.45) is -0.505. The van der Waals surface area contributed by atoms with E-state index in [4.69, 9.17) is 4.74 Å². The summed E-state index contributed by atoms with van der Waals surface area (Å²) < 4.78 is 39.3. The Morgan fingerprint density at radius 2 is 2.05 bits per heavy atom. The zero-order valence-corrected chi connectivity index (χ0v) is 11.0. The van der Waals surface area contributed by atoms with Crippen LogP contribution in [0, 0.1) is 0 Å². The van der Waals surface area contributed by atoms with Crippen molar-refractivity contribution < 1.29 is 21.8 Å². The highest BCUT2D eigenvalue weighted by atomic mass is 32.3. The van der Waals surface area contributed by atoms with Gasteiger partial charge in [0.25, 0.3) is 0 Å². The summed E-state index contributed by atoms with van der Waals surface area (Å²) in [6.45, 7) is 0.164. The zero-order chi connectivity index (χ0) is 13.9. The van der Waals surface area contributed by atoms with Crippen molar-refractivity contribution in [3.63, 3.8) is 0 Å². The van der Waals surface area contributed by atoms with Crippen molar-refractivity contribution in [3.8, 4) is 0 Å². The third kappa shape index (κ3) is 3.66. The molecule has 2 rings (SSSR count). The molecule has 1 amide bonds. The van der Waals surface area contributed by atoms with E-state index in [-0.39, 0.29) is 26.1 Å². The van der Waals surface area contributed by atoms with Gasteiger partial charge >= 0.3 is 16.3 Å². The summed E-state index contributed by atoms with van der Waals surface area (Å²) in [5.41, 5.74) is 0.838. The molecular weight excluding hydrogens is 273 g/mol. The fourth-order valence-corrected chi connectivity index (χ4v) is 2.68. The molecule has 0 unspecified atom stereocenters. The Balaban J connectivity index is 1.85. The zero-order valence-electron chi connectivity index (χ0n) is 10.2. The number of benzene rings is 1. The van der Waals surface area contributed by atoms with Crippen LogP contribution < -0.4 is 0 Å². The molecule has 1 aromatic carbocycles. The van der Waals surface area contributed by atoms with Crippen LogP contribution in [0.3, 0.4) is 0 Å². The summed E-state index contributed by atoms with van der Waals surface area (Å²) in [7, 11) is -4.59. The average molecular weight is 287 g/mol. The smallest absolute Gasteiger partial charge is 0.410 e. The van der Waals surface area contributed by atoms with Crippen LogP contribution in [0.15, 0.2) is 30.3 Å². The van der Waals surface area contributed by atoms with Crippen molar-refractivity contribution >= 4 is 16.3 Å². The minimum Gasteiger partial charge on any atom is -0.445 e. The molecule has 7 heteroatoms. The summed E-state index contributed by atoms with van der Waals surface area (Å²) >= 11 is 0. The van der Waals surface area contributed by atoms with Crippen LogP contribution in [0.5, 0.6) is 0 Å². The van der Waals surface area contributed by atoms with Crippen LogP contribution in [-0.4, -0.2) is 37.8 Å². The molecule has 1 saturated heterocycles. The summed E-state index contributed by atoms with van der Waals surface area (Å²) in [6, 6.07) is 9.12. The van der Waals surface area contributed by atoms with Gasteiger partial charge in [-0.05, 0) is 12.0 Å². The maximum absolute atomic E-state index is 12.8. The SMILES string of the molecule is O=C(OCc1ccccc1)N1CC[C@@H](S(=O)(=O)F)C1. The van der Waals surface area contributed by atoms with Gasteiger partial charge in [-0.25, -0.2) is 4.79 Å². The van der Waals surface area contributed by atoms with Gasteiger partial charge in [-0.15, -0.1) is 3.89 Å². The Labute approximate surface area is 111 Å². The van der Waals surface area contributed by atoms with Crippen molar-refractivity contribution in [1.82, 2.24) is 4.90 Å². The number of hydrogen-bond donors (Lipinski definition) is 0. The number of amides is 1. The lowest BCUT2D eigenvalue weighted by molar-refractivity contribution is 0.104. The lowest BCUT2D eigenvalue weighted by Crippen LogP contribution is -2.31. The summed E-state index contributed by atoms with van der Waals surface area (Å²) in [5, 5.41) is -1.13. The van der Waals surface area contributed by atoms with E-state index in [0.717, 1.165) is 5.56 Å². The third-order valence-corrected chi connectivity index (χ3v) is 4.19. The Morgan fingerprint density at radius 1 is 1.37 bits per heavy atom. The highest BCUT2D eigenvalue weighted by Gasteiger charge is 2.35. The number of carbonyl (C=O) groups excluding carboxylic acids is 1. The fraction of sp³-hybridized carbons (Fsp3) is 0.417. The molecule has 0 aliphatic carbocycles. The molecule has 0 saturated carbocycles.